The first-order valence-electron chi connectivity index (χ1n) is 4.84. The van der Waals surface area contributed by atoms with Crippen molar-refractivity contribution in [1.29, 1.82) is 0 Å². The molecule has 0 atom stereocenters. The Morgan fingerprint density at radius 1 is 1.00 bits per heavy atom. The zero-order chi connectivity index (χ0) is 10.4. The van der Waals surface area contributed by atoms with Gasteiger partial charge in [0.15, 0.2) is 0 Å². The number of phenols is 2. The van der Waals surface area contributed by atoms with E-state index in [1.807, 2.05) is 0 Å². The van der Waals surface area contributed by atoms with Crippen molar-refractivity contribution in [1.82, 2.24) is 0 Å². The quantitative estimate of drug-likeness (QED) is 0.595. The number of aromatic hydroxyl groups is 2. The van der Waals surface area contributed by atoms with Crippen molar-refractivity contribution < 1.29 is 15.3 Å². The Hall–Kier alpha value is -1.22. The number of aliphatic hydroxyl groups is 1. The molecule has 1 saturated carbocycles. The Kier molecular flexibility index (Phi) is 4.26. The molecule has 2 rings (SSSR count). The molecule has 0 amide bonds. The predicted molar refractivity (Wildman–Crippen MR) is 54.2 cm³/mol. The van der Waals surface area contributed by atoms with Gasteiger partial charge in [-0.1, -0.05) is 18.9 Å². The molecule has 1 aliphatic carbocycles. The highest BCUT2D eigenvalue weighted by molar-refractivity contribution is 5.30. The van der Waals surface area contributed by atoms with E-state index >= 15 is 0 Å². The molecule has 14 heavy (non-hydrogen) atoms. The largest absolute Gasteiger partial charge is 0.508 e. The average Bonchev–Trinajstić information content (AvgIpc) is 2.56. The highest BCUT2D eigenvalue weighted by Gasteiger charge is 2.09. The molecule has 1 aromatic carbocycles. The van der Waals surface area contributed by atoms with E-state index < -0.39 is 0 Å². The van der Waals surface area contributed by atoms with Crippen molar-refractivity contribution in [2.24, 2.45) is 0 Å². The lowest BCUT2D eigenvalue weighted by molar-refractivity contribution is 0.183. The summed E-state index contributed by atoms with van der Waals surface area (Å²) in [4.78, 5) is 0. The Morgan fingerprint density at radius 3 is 1.71 bits per heavy atom. The van der Waals surface area contributed by atoms with E-state index in [9.17, 15) is 0 Å². The van der Waals surface area contributed by atoms with Crippen LogP contribution in [-0.4, -0.2) is 21.4 Å². The summed E-state index contributed by atoms with van der Waals surface area (Å²) in [5.41, 5.74) is 0. The fourth-order valence-corrected chi connectivity index (χ4v) is 1.40. The predicted octanol–water partition coefficient (Wildman–Crippen LogP) is 2.02. The molecule has 0 bridgehead atoms. The lowest BCUT2D eigenvalue weighted by Crippen LogP contribution is -1.94. The molecule has 0 unspecified atom stereocenters. The van der Waals surface area contributed by atoms with Gasteiger partial charge in [-0.15, -0.1) is 0 Å². The van der Waals surface area contributed by atoms with E-state index in [0.29, 0.717) is 0 Å². The second kappa shape index (κ2) is 5.50. The van der Waals surface area contributed by atoms with Gasteiger partial charge >= 0.3 is 0 Å². The molecule has 0 radical (unpaired) electrons. The second-order valence-corrected chi connectivity index (χ2v) is 3.46. The summed E-state index contributed by atoms with van der Waals surface area (Å²) in [7, 11) is 0. The van der Waals surface area contributed by atoms with Gasteiger partial charge in [-0.2, -0.15) is 0 Å². The molecule has 3 nitrogen and oxygen atoms in total. The third-order valence-electron chi connectivity index (χ3n) is 2.15. The van der Waals surface area contributed by atoms with Gasteiger partial charge in [0.1, 0.15) is 11.5 Å². The van der Waals surface area contributed by atoms with E-state index in [1.54, 1.807) is 6.07 Å². The van der Waals surface area contributed by atoms with Crippen LogP contribution < -0.4 is 0 Å². The van der Waals surface area contributed by atoms with Gasteiger partial charge in [-0.25, -0.2) is 0 Å². The molecule has 0 spiro atoms. The number of rotatable bonds is 0. The number of phenolic OH excluding ortho intramolecular Hbond substituents is 2. The fraction of sp³-hybridized carbons (Fsp3) is 0.455. The lowest BCUT2D eigenvalue weighted by atomic mass is 10.3. The SMILES string of the molecule is OC1CCCC1.Oc1cccc(O)c1. The van der Waals surface area contributed by atoms with Crippen molar-refractivity contribution >= 4 is 0 Å². The zero-order valence-corrected chi connectivity index (χ0v) is 8.06. The molecular formula is C11H16O3. The lowest BCUT2D eigenvalue weighted by Gasteiger charge is -1.91. The number of hydrogen-bond acceptors (Lipinski definition) is 3. The van der Waals surface area contributed by atoms with E-state index in [4.69, 9.17) is 15.3 Å². The van der Waals surface area contributed by atoms with Gasteiger partial charge < -0.3 is 15.3 Å². The zero-order valence-electron chi connectivity index (χ0n) is 8.06. The molecule has 3 N–H and O–H groups in total. The standard InChI is InChI=1S/C6H6O2.C5H10O/c7-5-2-1-3-6(8)4-5;6-5-3-1-2-4-5/h1-4,7-8H;5-6H,1-4H2. The summed E-state index contributed by atoms with van der Waals surface area (Å²) in [5.74, 6) is 0.176. The Bertz CT molecular complexity index is 250. The van der Waals surface area contributed by atoms with E-state index in [-0.39, 0.29) is 17.6 Å². The van der Waals surface area contributed by atoms with Gasteiger partial charge in [-0.3, -0.25) is 0 Å². The molecule has 1 aliphatic rings. The maximum atomic E-state index is 8.73. The van der Waals surface area contributed by atoms with Crippen LogP contribution in [0.4, 0.5) is 0 Å². The maximum Gasteiger partial charge on any atom is 0.119 e. The molecule has 0 saturated heterocycles. The first kappa shape index (κ1) is 10.9. The molecular weight excluding hydrogens is 180 g/mol. The van der Waals surface area contributed by atoms with Gasteiger partial charge in [0.2, 0.25) is 0 Å². The fourth-order valence-electron chi connectivity index (χ4n) is 1.40. The monoisotopic (exact) mass is 196 g/mol. The van der Waals surface area contributed by atoms with Crippen LogP contribution in [0.5, 0.6) is 11.5 Å². The smallest absolute Gasteiger partial charge is 0.119 e. The highest BCUT2D eigenvalue weighted by Crippen LogP contribution is 2.16. The van der Waals surface area contributed by atoms with Crippen molar-refractivity contribution in [3.63, 3.8) is 0 Å². The molecule has 78 valence electrons. The molecule has 1 aromatic rings. The topological polar surface area (TPSA) is 60.7 Å². The van der Waals surface area contributed by atoms with E-state index in [0.717, 1.165) is 12.8 Å². The van der Waals surface area contributed by atoms with Crippen molar-refractivity contribution in [3.8, 4) is 11.5 Å². The third-order valence-corrected chi connectivity index (χ3v) is 2.15. The van der Waals surface area contributed by atoms with Gasteiger partial charge in [0.25, 0.3) is 0 Å². The summed E-state index contributed by atoms with van der Waals surface area (Å²) in [5, 5.41) is 26.0. The van der Waals surface area contributed by atoms with Crippen LogP contribution in [0.25, 0.3) is 0 Å². The first-order chi connectivity index (χ1) is 6.68. The van der Waals surface area contributed by atoms with E-state index in [1.165, 1.54) is 31.0 Å². The van der Waals surface area contributed by atoms with Crippen LogP contribution in [0.2, 0.25) is 0 Å². The van der Waals surface area contributed by atoms with Gasteiger partial charge in [0, 0.05) is 6.07 Å². The molecule has 3 heteroatoms. The van der Waals surface area contributed by atoms with Crippen molar-refractivity contribution in [3.05, 3.63) is 24.3 Å². The summed E-state index contributed by atoms with van der Waals surface area (Å²) in [6, 6.07) is 5.85. The summed E-state index contributed by atoms with van der Waals surface area (Å²) in [6.07, 6.45) is 4.60. The highest BCUT2D eigenvalue weighted by atomic mass is 16.3. The minimum absolute atomic E-state index is 0.0463. The van der Waals surface area contributed by atoms with Crippen LogP contribution >= 0.6 is 0 Å². The number of hydrogen-bond donors (Lipinski definition) is 3. The number of benzene rings is 1. The van der Waals surface area contributed by atoms with Crippen LogP contribution in [-0.2, 0) is 0 Å². The maximum absolute atomic E-state index is 8.73. The van der Waals surface area contributed by atoms with Crippen LogP contribution in [0.1, 0.15) is 25.7 Å². The van der Waals surface area contributed by atoms with Gasteiger partial charge in [0.05, 0.1) is 6.10 Å². The molecule has 0 aromatic heterocycles. The number of aliphatic hydroxyl groups excluding tert-OH is 1. The van der Waals surface area contributed by atoms with Gasteiger partial charge in [-0.05, 0) is 25.0 Å². The summed E-state index contributed by atoms with van der Waals surface area (Å²) < 4.78 is 0. The molecule has 1 fully saturated rings. The Balaban J connectivity index is 0.000000146. The van der Waals surface area contributed by atoms with Crippen molar-refractivity contribution in [2.45, 2.75) is 31.8 Å². The molecule has 0 heterocycles. The Labute approximate surface area is 83.6 Å². The minimum atomic E-state index is 0.0463. The van der Waals surface area contributed by atoms with Crippen LogP contribution in [0.3, 0.4) is 0 Å². The normalized spacial score (nSPS) is 16.1. The van der Waals surface area contributed by atoms with E-state index in [2.05, 4.69) is 0 Å². The molecule has 0 aliphatic heterocycles. The van der Waals surface area contributed by atoms with Crippen LogP contribution in [0.15, 0.2) is 24.3 Å². The summed E-state index contributed by atoms with van der Waals surface area (Å²) >= 11 is 0. The first-order valence-corrected chi connectivity index (χ1v) is 4.84. The average molecular weight is 196 g/mol. The Morgan fingerprint density at radius 2 is 1.50 bits per heavy atom. The summed E-state index contributed by atoms with van der Waals surface area (Å²) in [6.45, 7) is 0. The van der Waals surface area contributed by atoms with Crippen molar-refractivity contribution in [2.75, 3.05) is 0 Å². The minimum Gasteiger partial charge on any atom is -0.508 e. The van der Waals surface area contributed by atoms with Crippen LogP contribution in [0, 0.1) is 0 Å². The third kappa shape index (κ3) is 4.14. The second-order valence-electron chi connectivity index (χ2n) is 3.46.